The molecule has 0 spiro atoms. The van der Waals surface area contributed by atoms with E-state index in [0.29, 0.717) is 12.8 Å². The number of rotatable bonds is 21. The Morgan fingerprint density at radius 2 is 1.11 bits per heavy atom. The van der Waals surface area contributed by atoms with Crippen molar-refractivity contribution in [1.29, 1.82) is 0 Å². The molecule has 1 N–H and O–H groups in total. The van der Waals surface area contributed by atoms with E-state index in [1.54, 1.807) is 0 Å². The molecular weight excluding hydrogens is 352 g/mol. The molecule has 28 heavy (non-hydrogen) atoms. The first-order valence-electron chi connectivity index (χ1n) is 12.0. The maximum Gasteiger partial charge on any atom is 0.307 e. The number of ether oxygens (including phenoxy) is 1. The van der Waals surface area contributed by atoms with Crippen molar-refractivity contribution in [3.05, 3.63) is 0 Å². The monoisotopic (exact) mass is 398 g/mol. The highest BCUT2D eigenvalue weighted by molar-refractivity contribution is 5.71. The lowest BCUT2D eigenvalue weighted by Crippen LogP contribution is -2.21. The third kappa shape index (κ3) is 19.7. The normalized spacial score (nSPS) is 12.1. The molecule has 0 fully saturated rings. The number of hydrogen-bond donors (Lipinski definition) is 1. The summed E-state index contributed by atoms with van der Waals surface area (Å²) in [5, 5.41) is 9.04. The van der Waals surface area contributed by atoms with Crippen LogP contribution < -0.4 is 0 Å². The molecule has 166 valence electrons. The van der Waals surface area contributed by atoms with Gasteiger partial charge in [-0.25, -0.2) is 0 Å². The Kier molecular flexibility index (Phi) is 19.9. The van der Waals surface area contributed by atoms with E-state index in [-0.39, 0.29) is 12.4 Å². The molecule has 0 aromatic rings. The summed E-state index contributed by atoms with van der Waals surface area (Å²) in [6, 6.07) is 0. The summed E-state index contributed by atoms with van der Waals surface area (Å²) in [7, 11) is 0. The van der Waals surface area contributed by atoms with E-state index in [1.165, 1.54) is 77.0 Å². The number of hydrogen-bond acceptors (Lipinski definition) is 3. The SMILES string of the molecule is CCCCCCCCCCCCC(=O)OC(CCCCCCCC)CC(=O)O. The van der Waals surface area contributed by atoms with E-state index in [9.17, 15) is 9.59 Å². The van der Waals surface area contributed by atoms with Crippen LogP contribution in [0.1, 0.15) is 136 Å². The highest BCUT2D eigenvalue weighted by Crippen LogP contribution is 2.15. The Morgan fingerprint density at radius 1 is 0.679 bits per heavy atom. The number of carboxylic acids is 1. The standard InChI is InChI=1S/C24H46O4/c1-3-5-7-9-11-12-13-14-16-18-20-24(27)28-22(21-23(25)26)19-17-15-10-8-6-4-2/h22H,3-21H2,1-2H3,(H,25,26). The second kappa shape index (κ2) is 20.7. The molecule has 0 heterocycles. The van der Waals surface area contributed by atoms with Crippen molar-refractivity contribution in [2.24, 2.45) is 0 Å². The summed E-state index contributed by atoms with van der Waals surface area (Å²) in [6.45, 7) is 4.43. The molecule has 0 aliphatic rings. The van der Waals surface area contributed by atoms with E-state index >= 15 is 0 Å². The second-order valence-electron chi connectivity index (χ2n) is 8.20. The molecule has 0 aliphatic carbocycles. The minimum Gasteiger partial charge on any atom is -0.481 e. The fraction of sp³-hybridized carbons (Fsp3) is 0.917. The second-order valence-corrected chi connectivity index (χ2v) is 8.20. The fourth-order valence-corrected chi connectivity index (χ4v) is 3.55. The highest BCUT2D eigenvalue weighted by atomic mass is 16.5. The van der Waals surface area contributed by atoms with Gasteiger partial charge in [-0.15, -0.1) is 0 Å². The van der Waals surface area contributed by atoms with Crippen molar-refractivity contribution in [3.8, 4) is 0 Å². The van der Waals surface area contributed by atoms with Crippen LogP contribution in [0, 0.1) is 0 Å². The Bertz CT molecular complexity index is 368. The topological polar surface area (TPSA) is 63.6 Å². The van der Waals surface area contributed by atoms with Gasteiger partial charge in [-0.3, -0.25) is 9.59 Å². The molecule has 0 saturated carbocycles. The Hall–Kier alpha value is -1.06. The summed E-state index contributed by atoms with van der Waals surface area (Å²) in [5.74, 6) is -1.11. The highest BCUT2D eigenvalue weighted by Gasteiger charge is 2.17. The van der Waals surface area contributed by atoms with Crippen LogP contribution >= 0.6 is 0 Å². The lowest BCUT2D eigenvalue weighted by molar-refractivity contribution is -0.153. The average molecular weight is 399 g/mol. The van der Waals surface area contributed by atoms with E-state index in [0.717, 1.165) is 25.7 Å². The molecule has 0 saturated heterocycles. The van der Waals surface area contributed by atoms with Crippen LogP contribution in [0.4, 0.5) is 0 Å². The quantitative estimate of drug-likeness (QED) is 0.161. The summed E-state index contributed by atoms with van der Waals surface area (Å²) < 4.78 is 5.45. The number of carbonyl (C=O) groups is 2. The van der Waals surface area contributed by atoms with Crippen molar-refractivity contribution in [1.82, 2.24) is 0 Å². The predicted molar refractivity (Wildman–Crippen MR) is 117 cm³/mol. The molecule has 0 rings (SSSR count). The Morgan fingerprint density at radius 3 is 1.57 bits per heavy atom. The van der Waals surface area contributed by atoms with Crippen molar-refractivity contribution in [2.45, 2.75) is 142 Å². The van der Waals surface area contributed by atoms with Crippen LogP contribution in [0.25, 0.3) is 0 Å². The zero-order valence-corrected chi connectivity index (χ0v) is 18.7. The van der Waals surface area contributed by atoms with E-state index in [1.807, 2.05) is 0 Å². The smallest absolute Gasteiger partial charge is 0.307 e. The molecule has 4 heteroatoms. The van der Waals surface area contributed by atoms with Crippen molar-refractivity contribution < 1.29 is 19.4 Å². The first-order chi connectivity index (χ1) is 13.6. The van der Waals surface area contributed by atoms with Crippen LogP contribution in [0.5, 0.6) is 0 Å². The maximum atomic E-state index is 12.0. The minimum atomic E-state index is -0.886. The van der Waals surface area contributed by atoms with E-state index in [2.05, 4.69) is 13.8 Å². The van der Waals surface area contributed by atoms with Crippen LogP contribution in [0.3, 0.4) is 0 Å². The zero-order valence-electron chi connectivity index (χ0n) is 18.7. The van der Waals surface area contributed by atoms with Gasteiger partial charge < -0.3 is 9.84 Å². The van der Waals surface area contributed by atoms with Gasteiger partial charge in [-0.05, 0) is 19.3 Å². The van der Waals surface area contributed by atoms with Gasteiger partial charge in [0.15, 0.2) is 0 Å². The summed E-state index contributed by atoms with van der Waals surface area (Å²) in [4.78, 5) is 23.0. The molecule has 0 aliphatic heterocycles. The minimum absolute atomic E-state index is 0.0707. The molecule has 0 aromatic heterocycles. The van der Waals surface area contributed by atoms with Gasteiger partial charge in [0, 0.05) is 6.42 Å². The molecule has 1 unspecified atom stereocenters. The third-order valence-electron chi connectivity index (χ3n) is 5.31. The lowest BCUT2D eigenvalue weighted by Gasteiger charge is -2.16. The zero-order chi connectivity index (χ0) is 20.9. The number of aliphatic carboxylic acids is 1. The molecule has 0 bridgehead atoms. The van der Waals surface area contributed by atoms with Gasteiger partial charge in [0.25, 0.3) is 0 Å². The number of carbonyl (C=O) groups excluding carboxylic acids is 1. The Balaban J connectivity index is 3.73. The molecule has 4 nitrogen and oxygen atoms in total. The van der Waals surface area contributed by atoms with Gasteiger partial charge in [0.2, 0.25) is 0 Å². The fourth-order valence-electron chi connectivity index (χ4n) is 3.55. The van der Waals surface area contributed by atoms with Crippen LogP contribution in [-0.2, 0) is 14.3 Å². The van der Waals surface area contributed by atoms with Crippen LogP contribution in [0.2, 0.25) is 0 Å². The van der Waals surface area contributed by atoms with E-state index < -0.39 is 12.1 Å². The van der Waals surface area contributed by atoms with Gasteiger partial charge in [0.1, 0.15) is 6.10 Å². The molecule has 0 amide bonds. The number of unbranched alkanes of at least 4 members (excludes halogenated alkanes) is 14. The summed E-state index contributed by atoms with van der Waals surface area (Å²) >= 11 is 0. The lowest BCUT2D eigenvalue weighted by atomic mass is 10.0. The van der Waals surface area contributed by atoms with Crippen LogP contribution in [0.15, 0.2) is 0 Å². The molecule has 0 aromatic carbocycles. The first-order valence-corrected chi connectivity index (χ1v) is 12.0. The number of carboxylic acid groups (broad SMARTS) is 1. The molecule has 0 radical (unpaired) electrons. The first kappa shape index (κ1) is 26.9. The summed E-state index contributed by atoms with van der Waals surface area (Å²) in [5.41, 5.74) is 0. The van der Waals surface area contributed by atoms with Crippen LogP contribution in [-0.4, -0.2) is 23.1 Å². The summed E-state index contributed by atoms with van der Waals surface area (Å²) in [6.07, 6.45) is 19.8. The molecular formula is C24H46O4. The van der Waals surface area contributed by atoms with Crippen molar-refractivity contribution in [2.75, 3.05) is 0 Å². The third-order valence-corrected chi connectivity index (χ3v) is 5.31. The predicted octanol–water partition coefficient (Wildman–Crippen LogP) is 7.43. The largest absolute Gasteiger partial charge is 0.481 e. The van der Waals surface area contributed by atoms with E-state index in [4.69, 9.17) is 9.84 Å². The van der Waals surface area contributed by atoms with Gasteiger partial charge in [-0.2, -0.15) is 0 Å². The van der Waals surface area contributed by atoms with Crippen molar-refractivity contribution >= 4 is 11.9 Å². The maximum absolute atomic E-state index is 12.0. The van der Waals surface area contributed by atoms with Crippen molar-refractivity contribution in [3.63, 3.8) is 0 Å². The number of esters is 1. The average Bonchev–Trinajstić information content (AvgIpc) is 2.65. The van der Waals surface area contributed by atoms with Gasteiger partial charge in [-0.1, -0.05) is 104 Å². The van der Waals surface area contributed by atoms with Gasteiger partial charge in [0.05, 0.1) is 6.42 Å². The van der Waals surface area contributed by atoms with Gasteiger partial charge >= 0.3 is 11.9 Å². The Labute approximate surface area is 173 Å². The molecule has 1 atom stereocenters.